The molecule has 2 atom stereocenters. The maximum atomic E-state index is 12.0. The first kappa shape index (κ1) is 19.6. The van der Waals surface area contributed by atoms with Gasteiger partial charge >= 0.3 is 6.36 Å². The molecule has 2 unspecified atom stereocenters. The Labute approximate surface area is 139 Å². The largest absolute Gasteiger partial charge is 0.573 e. The predicted octanol–water partition coefficient (Wildman–Crippen LogP) is 2.79. The van der Waals surface area contributed by atoms with E-state index in [0.29, 0.717) is 13.0 Å². The molecule has 0 bridgehead atoms. The Morgan fingerprint density at radius 1 is 1.26 bits per heavy atom. The molecule has 8 heteroatoms. The van der Waals surface area contributed by atoms with E-state index in [9.17, 15) is 18.0 Å². The van der Waals surface area contributed by atoms with Crippen molar-refractivity contribution in [1.29, 1.82) is 0 Å². The number of carbonyl (C=O) groups is 1. The third kappa shape index (κ3) is 6.66. The van der Waals surface area contributed by atoms with Gasteiger partial charge in [-0.25, -0.2) is 0 Å². The lowest BCUT2D eigenvalue weighted by atomic mass is 10.1. The van der Waals surface area contributed by atoms with E-state index in [2.05, 4.69) is 10.1 Å². The highest BCUT2D eigenvalue weighted by Gasteiger charge is 2.31. The summed E-state index contributed by atoms with van der Waals surface area (Å²) < 4.78 is 39.9. The number of nitrogens with two attached hydrogens (primary N) is 1. The van der Waals surface area contributed by atoms with E-state index in [1.165, 1.54) is 12.1 Å². The molecular weight excluding hydrogens is 333 g/mol. The Bertz CT molecular complexity index is 508. The molecule has 1 saturated carbocycles. The van der Waals surface area contributed by atoms with Crippen molar-refractivity contribution < 1.29 is 22.7 Å². The molecule has 0 radical (unpaired) electrons. The topological polar surface area (TPSA) is 64.4 Å². The van der Waals surface area contributed by atoms with Gasteiger partial charge in [-0.15, -0.1) is 25.6 Å². The molecular formula is C15H20ClF3N2O2. The second-order valence-corrected chi connectivity index (χ2v) is 5.50. The van der Waals surface area contributed by atoms with Crippen LogP contribution in [0, 0.1) is 5.92 Å². The number of alkyl halides is 3. The van der Waals surface area contributed by atoms with Crippen LogP contribution in [0.4, 0.5) is 13.2 Å². The smallest absolute Gasteiger partial charge is 0.406 e. The van der Waals surface area contributed by atoms with Gasteiger partial charge in [0.05, 0.1) is 0 Å². The predicted molar refractivity (Wildman–Crippen MR) is 82.4 cm³/mol. The molecule has 1 fully saturated rings. The number of benzene rings is 1. The molecule has 2 rings (SSSR count). The number of rotatable bonds is 5. The van der Waals surface area contributed by atoms with E-state index in [1.807, 2.05) is 0 Å². The van der Waals surface area contributed by atoms with E-state index in [0.717, 1.165) is 24.8 Å². The lowest BCUT2D eigenvalue weighted by molar-refractivity contribution is -0.274. The summed E-state index contributed by atoms with van der Waals surface area (Å²) in [5, 5.41) is 2.84. The molecule has 0 saturated heterocycles. The first-order valence-electron chi connectivity index (χ1n) is 7.21. The third-order valence-corrected chi connectivity index (χ3v) is 3.71. The van der Waals surface area contributed by atoms with Crippen LogP contribution in [0.2, 0.25) is 0 Å². The van der Waals surface area contributed by atoms with Crippen LogP contribution < -0.4 is 15.8 Å². The van der Waals surface area contributed by atoms with Crippen molar-refractivity contribution in [3.8, 4) is 5.75 Å². The molecule has 1 aromatic rings. The summed E-state index contributed by atoms with van der Waals surface area (Å²) in [6, 6.07) is 5.75. The Balaban J connectivity index is 0.00000264. The summed E-state index contributed by atoms with van der Waals surface area (Å²) >= 11 is 0. The Morgan fingerprint density at radius 3 is 2.43 bits per heavy atom. The van der Waals surface area contributed by atoms with Gasteiger partial charge in [0.1, 0.15) is 5.75 Å². The van der Waals surface area contributed by atoms with E-state index in [4.69, 9.17) is 5.73 Å². The number of carbonyl (C=O) groups excluding carboxylic acids is 1. The van der Waals surface area contributed by atoms with Gasteiger partial charge in [0.2, 0.25) is 5.91 Å². The van der Waals surface area contributed by atoms with Crippen molar-refractivity contribution in [1.82, 2.24) is 5.32 Å². The van der Waals surface area contributed by atoms with Crippen LogP contribution >= 0.6 is 12.4 Å². The quantitative estimate of drug-likeness (QED) is 0.856. The van der Waals surface area contributed by atoms with E-state index in [1.54, 1.807) is 12.1 Å². The summed E-state index contributed by atoms with van der Waals surface area (Å²) in [7, 11) is 0. The molecule has 23 heavy (non-hydrogen) atoms. The monoisotopic (exact) mass is 352 g/mol. The number of halogens is 4. The highest BCUT2D eigenvalue weighted by Crippen LogP contribution is 2.24. The fourth-order valence-electron chi connectivity index (χ4n) is 2.59. The summed E-state index contributed by atoms with van der Waals surface area (Å²) in [6.07, 6.45) is -1.72. The Kier molecular flexibility index (Phi) is 7.15. The van der Waals surface area contributed by atoms with Crippen LogP contribution in [0.15, 0.2) is 24.3 Å². The second-order valence-electron chi connectivity index (χ2n) is 5.50. The molecule has 0 spiro atoms. The van der Waals surface area contributed by atoms with Crippen LogP contribution in [0.3, 0.4) is 0 Å². The minimum Gasteiger partial charge on any atom is -0.406 e. The molecule has 0 aromatic heterocycles. The lowest BCUT2D eigenvalue weighted by Gasteiger charge is -2.11. The molecule has 0 aliphatic heterocycles. The van der Waals surface area contributed by atoms with Gasteiger partial charge in [0.25, 0.3) is 0 Å². The number of nitrogens with one attached hydrogen (secondary N) is 1. The fourth-order valence-corrected chi connectivity index (χ4v) is 2.59. The SMILES string of the molecule is Cl.NC1CCC(C(=O)NCCc2ccc(OC(F)(F)F)cc2)C1. The number of ether oxygens (including phenoxy) is 1. The Hall–Kier alpha value is -1.47. The van der Waals surface area contributed by atoms with Gasteiger partial charge in [0, 0.05) is 18.5 Å². The van der Waals surface area contributed by atoms with Crippen LogP contribution in [-0.4, -0.2) is 24.9 Å². The van der Waals surface area contributed by atoms with Crippen LogP contribution in [0.25, 0.3) is 0 Å². The second kappa shape index (κ2) is 8.40. The highest BCUT2D eigenvalue weighted by atomic mass is 35.5. The highest BCUT2D eigenvalue weighted by molar-refractivity contribution is 5.85. The van der Waals surface area contributed by atoms with Crippen molar-refractivity contribution in [3.05, 3.63) is 29.8 Å². The van der Waals surface area contributed by atoms with Gasteiger partial charge in [0.15, 0.2) is 0 Å². The van der Waals surface area contributed by atoms with E-state index >= 15 is 0 Å². The van der Waals surface area contributed by atoms with Crippen molar-refractivity contribution in [2.75, 3.05) is 6.54 Å². The molecule has 0 heterocycles. The van der Waals surface area contributed by atoms with Crippen molar-refractivity contribution in [2.45, 2.75) is 38.1 Å². The van der Waals surface area contributed by atoms with Gasteiger partial charge in [-0.2, -0.15) is 0 Å². The third-order valence-electron chi connectivity index (χ3n) is 3.71. The van der Waals surface area contributed by atoms with Crippen molar-refractivity contribution in [2.24, 2.45) is 11.7 Å². The minimum absolute atomic E-state index is 0. The normalized spacial score (nSPS) is 20.7. The molecule has 1 aromatic carbocycles. The van der Waals surface area contributed by atoms with Crippen molar-refractivity contribution in [3.63, 3.8) is 0 Å². The zero-order valence-electron chi connectivity index (χ0n) is 12.4. The van der Waals surface area contributed by atoms with Gasteiger partial charge in [-0.1, -0.05) is 12.1 Å². The van der Waals surface area contributed by atoms with Gasteiger partial charge in [-0.05, 0) is 43.4 Å². The standard InChI is InChI=1S/C15H19F3N2O2.ClH/c16-15(17,18)22-13-5-1-10(2-6-13)7-8-20-14(21)11-3-4-12(19)9-11;/h1-2,5-6,11-12H,3-4,7-9,19H2,(H,20,21);1H. The zero-order chi connectivity index (χ0) is 16.2. The molecule has 4 nitrogen and oxygen atoms in total. The average molecular weight is 353 g/mol. The fraction of sp³-hybridized carbons (Fsp3) is 0.533. The lowest BCUT2D eigenvalue weighted by Crippen LogP contribution is -2.31. The number of amides is 1. The Morgan fingerprint density at radius 2 is 1.91 bits per heavy atom. The van der Waals surface area contributed by atoms with Gasteiger partial charge in [-0.3, -0.25) is 4.79 Å². The molecule has 1 aliphatic carbocycles. The number of hydrogen-bond donors (Lipinski definition) is 2. The van der Waals surface area contributed by atoms with E-state index in [-0.39, 0.29) is 36.0 Å². The molecule has 1 aliphatic rings. The van der Waals surface area contributed by atoms with Crippen LogP contribution in [0.5, 0.6) is 5.75 Å². The maximum absolute atomic E-state index is 12.0. The minimum atomic E-state index is -4.68. The molecule has 130 valence electrons. The summed E-state index contributed by atoms with van der Waals surface area (Å²) in [6.45, 7) is 0.448. The zero-order valence-corrected chi connectivity index (χ0v) is 13.3. The average Bonchev–Trinajstić information content (AvgIpc) is 2.86. The van der Waals surface area contributed by atoms with Crippen molar-refractivity contribution >= 4 is 18.3 Å². The van der Waals surface area contributed by atoms with Crippen LogP contribution in [-0.2, 0) is 11.2 Å². The summed E-state index contributed by atoms with van der Waals surface area (Å²) in [4.78, 5) is 11.9. The summed E-state index contributed by atoms with van der Waals surface area (Å²) in [5.41, 5.74) is 6.60. The van der Waals surface area contributed by atoms with E-state index < -0.39 is 6.36 Å². The van der Waals surface area contributed by atoms with Crippen LogP contribution in [0.1, 0.15) is 24.8 Å². The van der Waals surface area contributed by atoms with Gasteiger partial charge < -0.3 is 15.8 Å². The number of hydrogen-bond acceptors (Lipinski definition) is 3. The first-order valence-corrected chi connectivity index (χ1v) is 7.21. The first-order chi connectivity index (χ1) is 10.3. The molecule has 3 N–H and O–H groups in total. The summed E-state index contributed by atoms with van der Waals surface area (Å²) in [5.74, 6) is -0.261. The molecule has 1 amide bonds. The maximum Gasteiger partial charge on any atom is 0.573 e.